The molecule has 116 valence electrons. The molecular weight excluding hydrogens is 256 g/mol. The van der Waals surface area contributed by atoms with Crippen molar-refractivity contribution in [1.82, 2.24) is 0 Å². The Bertz CT molecular complexity index is 183. The Morgan fingerprint density at radius 2 is 1.26 bits per heavy atom. The summed E-state index contributed by atoms with van der Waals surface area (Å²) in [5.41, 5.74) is 0.448. The van der Waals surface area contributed by atoms with Gasteiger partial charge in [0.05, 0.1) is 0 Å². The van der Waals surface area contributed by atoms with Crippen LogP contribution in [-0.2, 0) is 13.3 Å². The minimum absolute atomic E-state index is 0.448. The summed E-state index contributed by atoms with van der Waals surface area (Å²) in [4.78, 5) is 0. The van der Waals surface area contributed by atoms with Crippen molar-refractivity contribution >= 4 is 8.80 Å². The highest BCUT2D eigenvalue weighted by Gasteiger charge is 2.47. The van der Waals surface area contributed by atoms with Crippen LogP contribution in [-0.4, -0.2) is 28.6 Å². The van der Waals surface area contributed by atoms with Gasteiger partial charge in [0.25, 0.3) is 0 Å². The first-order chi connectivity index (χ1) is 9.20. The molecule has 0 radical (unpaired) electrons. The molecule has 0 spiro atoms. The fourth-order valence-electron chi connectivity index (χ4n) is 2.53. The van der Waals surface area contributed by atoms with Crippen molar-refractivity contribution in [2.75, 3.05) is 19.8 Å². The molecule has 1 unspecified atom stereocenters. The van der Waals surface area contributed by atoms with Gasteiger partial charge in [-0.3, -0.25) is 0 Å². The Morgan fingerprint density at radius 1 is 0.737 bits per heavy atom. The molecule has 0 aliphatic carbocycles. The third-order valence-corrected chi connectivity index (χ3v) is 7.21. The average Bonchev–Trinajstić information content (AvgIpc) is 2.39. The molecule has 19 heavy (non-hydrogen) atoms. The lowest BCUT2D eigenvalue weighted by Gasteiger charge is -2.35. The normalized spacial score (nSPS) is 13.7. The molecule has 0 saturated heterocycles. The Hall–Kier alpha value is 0.0969. The van der Waals surface area contributed by atoms with Crippen LogP contribution in [0, 0.1) is 0 Å². The van der Waals surface area contributed by atoms with Gasteiger partial charge in [-0.1, -0.05) is 39.5 Å². The van der Waals surface area contributed by atoms with Crippen LogP contribution in [0.4, 0.5) is 0 Å². The molecule has 1 atom stereocenters. The maximum Gasteiger partial charge on any atom is 0.504 e. The van der Waals surface area contributed by atoms with E-state index in [1.807, 2.05) is 20.8 Å². The lowest BCUT2D eigenvalue weighted by Crippen LogP contribution is -2.50. The maximum atomic E-state index is 6.01. The maximum absolute atomic E-state index is 6.01. The molecule has 0 heterocycles. The van der Waals surface area contributed by atoms with Crippen molar-refractivity contribution < 1.29 is 13.3 Å². The van der Waals surface area contributed by atoms with Gasteiger partial charge >= 0.3 is 8.80 Å². The fraction of sp³-hybridized carbons (Fsp3) is 1.00. The summed E-state index contributed by atoms with van der Waals surface area (Å²) in [6.07, 6.45) is 7.42. The molecule has 0 fully saturated rings. The van der Waals surface area contributed by atoms with Crippen LogP contribution in [0.3, 0.4) is 0 Å². The van der Waals surface area contributed by atoms with Gasteiger partial charge in [0, 0.05) is 25.4 Å². The third-order valence-electron chi connectivity index (χ3n) is 3.44. The number of rotatable bonds is 13. The highest BCUT2D eigenvalue weighted by Crippen LogP contribution is 2.34. The zero-order valence-corrected chi connectivity index (χ0v) is 14.7. The molecule has 4 heteroatoms. The van der Waals surface area contributed by atoms with E-state index in [4.69, 9.17) is 13.3 Å². The summed E-state index contributed by atoms with van der Waals surface area (Å²) in [5.74, 6) is 0. The van der Waals surface area contributed by atoms with Crippen molar-refractivity contribution in [2.24, 2.45) is 0 Å². The first kappa shape index (κ1) is 19.1. The summed E-state index contributed by atoms with van der Waals surface area (Å²) >= 11 is 0. The molecule has 0 aromatic carbocycles. The minimum atomic E-state index is -2.49. The predicted molar refractivity (Wildman–Crippen MR) is 83.4 cm³/mol. The van der Waals surface area contributed by atoms with Gasteiger partial charge in [0.1, 0.15) is 0 Å². The smallest absolute Gasteiger partial charge is 0.374 e. The highest BCUT2D eigenvalue weighted by molar-refractivity contribution is 6.62. The van der Waals surface area contributed by atoms with Gasteiger partial charge < -0.3 is 13.3 Å². The van der Waals surface area contributed by atoms with Crippen molar-refractivity contribution in [2.45, 2.75) is 78.7 Å². The average molecular weight is 291 g/mol. The summed E-state index contributed by atoms with van der Waals surface area (Å²) in [5, 5.41) is 0. The van der Waals surface area contributed by atoms with E-state index >= 15 is 0 Å². The first-order valence-corrected chi connectivity index (χ1v) is 9.92. The van der Waals surface area contributed by atoms with Crippen molar-refractivity contribution in [3.63, 3.8) is 0 Å². The SMILES string of the molecule is CCCCCCC(CC)[Si](OCC)(OCC)OCC. The van der Waals surface area contributed by atoms with Crippen LogP contribution in [0.25, 0.3) is 0 Å². The summed E-state index contributed by atoms with van der Waals surface area (Å²) < 4.78 is 18.0. The topological polar surface area (TPSA) is 27.7 Å². The fourth-order valence-corrected chi connectivity index (χ4v) is 5.75. The minimum Gasteiger partial charge on any atom is -0.374 e. The number of hydrogen-bond acceptors (Lipinski definition) is 3. The van der Waals surface area contributed by atoms with E-state index in [2.05, 4.69) is 13.8 Å². The monoisotopic (exact) mass is 290 g/mol. The summed E-state index contributed by atoms with van der Waals surface area (Å²) in [6, 6.07) is 0. The van der Waals surface area contributed by atoms with Gasteiger partial charge in [-0.05, 0) is 33.6 Å². The van der Waals surface area contributed by atoms with Gasteiger partial charge in [-0.15, -0.1) is 0 Å². The zero-order chi connectivity index (χ0) is 14.6. The van der Waals surface area contributed by atoms with E-state index in [9.17, 15) is 0 Å². The molecule has 3 nitrogen and oxygen atoms in total. The molecule has 0 aliphatic rings. The van der Waals surface area contributed by atoms with E-state index in [0.29, 0.717) is 25.4 Å². The Kier molecular flexibility index (Phi) is 11.9. The van der Waals surface area contributed by atoms with Crippen molar-refractivity contribution in [1.29, 1.82) is 0 Å². The quantitative estimate of drug-likeness (QED) is 0.361. The second kappa shape index (κ2) is 11.9. The Labute approximate surface area is 121 Å². The molecule has 0 aromatic rings. The first-order valence-electron chi connectivity index (χ1n) is 8.12. The molecular formula is C15H34O3Si. The number of hydrogen-bond donors (Lipinski definition) is 0. The molecule has 0 aliphatic heterocycles. The highest BCUT2D eigenvalue weighted by atomic mass is 28.4. The van der Waals surface area contributed by atoms with Crippen LogP contribution in [0.1, 0.15) is 73.1 Å². The largest absolute Gasteiger partial charge is 0.504 e. The Morgan fingerprint density at radius 3 is 1.63 bits per heavy atom. The lowest BCUT2D eigenvalue weighted by atomic mass is 10.1. The van der Waals surface area contributed by atoms with Gasteiger partial charge in [0.15, 0.2) is 0 Å². The summed E-state index contributed by atoms with van der Waals surface area (Å²) in [6.45, 7) is 12.6. The lowest BCUT2D eigenvalue weighted by molar-refractivity contribution is 0.0588. The van der Waals surface area contributed by atoms with Crippen LogP contribution in [0.15, 0.2) is 0 Å². The van der Waals surface area contributed by atoms with Crippen LogP contribution < -0.4 is 0 Å². The predicted octanol–water partition coefficient (Wildman–Crippen LogP) is 4.79. The number of unbranched alkanes of at least 4 members (excludes halogenated alkanes) is 3. The standard InChI is InChI=1S/C15H34O3Si/c1-6-11-12-13-14-15(7-2)19(16-8-3,17-9-4)18-10-5/h15H,6-14H2,1-5H3. The van der Waals surface area contributed by atoms with E-state index < -0.39 is 8.80 Å². The second-order valence-electron chi connectivity index (χ2n) is 4.86. The Balaban J connectivity index is 4.62. The van der Waals surface area contributed by atoms with Gasteiger partial charge in [-0.2, -0.15) is 0 Å². The van der Waals surface area contributed by atoms with E-state index in [-0.39, 0.29) is 0 Å². The van der Waals surface area contributed by atoms with E-state index in [0.717, 1.165) is 6.42 Å². The molecule has 0 bridgehead atoms. The van der Waals surface area contributed by atoms with Crippen LogP contribution >= 0.6 is 0 Å². The van der Waals surface area contributed by atoms with Crippen LogP contribution in [0.2, 0.25) is 5.54 Å². The van der Waals surface area contributed by atoms with Gasteiger partial charge in [0.2, 0.25) is 0 Å². The summed E-state index contributed by atoms with van der Waals surface area (Å²) in [7, 11) is -2.49. The van der Waals surface area contributed by atoms with Gasteiger partial charge in [-0.25, -0.2) is 0 Å². The molecule has 0 aromatic heterocycles. The molecule has 0 N–H and O–H groups in total. The van der Waals surface area contributed by atoms with Crippen LogP contribution in [0.5, 0.6) is 0 Å². The molecule has 0 amide bonds. The zero-order valence-electron chi connectivity index (χ0n) is 13.7. The van der Waals surface area contributed by atoms with E-state index in [1.54, 1.807) is 0 Å². The van der Waals surface area contributed by atoms with E-state index in [1.165, 1.54) is 32.1 Å². The second-order valence-corrected chi connectivity index (χ2v) is 7.75. The third kappa shape index (κ3) is 6.89. The van der Waals surface area contributed by atoms with Crippen molar-refractivity contribution in [3.8, 4) is 0 Å². The molecule has 0 saturated carbocycles. The van der Waals surface area contributed by atoms with Crippen molar-refractivity contribution in [3.05, 3.63) is 0 Å². The molecule has 0 rings (SSSR count).